The number of piperidine rings is 1. The Morgan fingerprint density at radius 1 is 1.19 bits per heavy atom. The molecule has 2 unspecified atom stereocenters. The molecule has 2 atom stereocenters. The zero-order valence-electron chi connectivity index (χ0n) is 12.1. The summed E-state index contributed by atoms with van der Waals surface area (Å²) in [6, 6.07) is 13.1. The van der Waals surface area contributed by atoms with Crippen LogP contribution in [0, 0.1) is 11.3 Å². The van der Waals surface area contributed by atoms with Gasteiger partial charge >= 0.3 is 0 Å². The Morgan fingerprint density at radius 2 is 2.00 bits per heavy atom. The summed E-state index contributed by atoms with van der Waals surface area (Å²) in [5.74, 6) is 1.48. The van der Waals surface area contributed by atoms with Gasteiger partial charge in [0.05, 0.1) is 12.4 Å². The lowest BCUT2D eigenvalue weighted by Crippen LogP contribution is -2.40. The molecule has 1 fully saturated rings. The predicted molar refractivity (Wildman–Crippen MR) is 82.0 cm³/mol. The van der Waals surface area contributed by atoms with Crippen molar-refractivity contribution in [2.45, 2.75) is 31.7 Å². The molecule has 106 valence electrons. The van der Waals surface area contributed by atoms with Gasteiger partial charge in [0, 0.05) is 12.6 Å². The number of hydrogen-bond acceptors (Lipinski definition) is 4. The largest absolute Gasteiger partial charge is 0.353 e. The van der Waals surface area contributed by atoms with Gasteiger partial charge in [0.1, 0.15) is 11.9 Å². The number of nitriles is 1. The summed E-state index contributed by atoms with van der Waals surface area (Å²) < 4.78 is 0. The van der Waals surface area contributed by atoms with Gasteiger partial charge in [0.25, 0.3) is 0 Å². The SMILES string of the molecule is CC1CC(c2ccccc2)CCN1c1cnc(C#N)cn1. The highest BCUT2D eigenvalue weighted by molar-refractivity contribution is 5.40. The summed E-state index contributed by atoms with van der Waals surface area (Å²) in [5, 5.41) is 8.79. The Hall–Kier alpha value is -2.41. The molecule has 0 N–H and O–H groups in total. The van der Waals surface area contributed by atoms with Crippen molar-refractivity contribution in [3.63, 3.8) is 0 Å². The number of rotatable bonds is 2. The lowest BCUT2D eigenvalue weighted by atomic mass is 9.86. The zero-order valence-corrected chi connectivity index (χ0v) is 12.1. The van der Waals surface area contributed by atoms with E-state index in [1.807, 2.05) is 6.07 Å². The average molecular weight is 278 g/mol. The number of nitrogens with zero attached hydrogens (tertiary/aromatic N) is 4. The molecule has 0 amide bonds. The second-order valence-electron chi connectivity index (χ2n) is 5.55. The van der Waals surface area contributed by atoms with Crippen LogP contribution in [0.2, 0.25) is 0 Å². The molecular formula is C17H18N4. The average Bonchev–Trinajstić information content (AvgIpc) is 2.56. The molecule has 4 heteroatoms. The maximum absolute atomic E-state index is 8.79. The maximum atomic E-state index is 8.79. The Balaban J connectivity index is 1.72. The minimum absolute atomic E-state index is 0.366. The molecule has 1 aliphatic heterocycles. The minimum atomic E-state index is 0.366. The molecular weight excluding hydrogens is 260 g/mol. The third kappa shape index (κ3) is 2.87. The lowest BCUT2D eigenvalue weighted by molar-refractivity contribution is 0.428. The number of aromatic nitrogens is 2. The van der Waals surface area contributed by atoms with Crippen molar-refractivity contribution in [1.82, 2.24) is 9.97 Å². The second kappa shape index (κ2) is 5.92. The molecule has 1 aromatic heterocycles. The monoisotopic (exact) mass is 278 g/mol. The van der Waals surface area contributed by atoms with Crippen LogP contribution in [0.3, 0.4) is 0 Å². The normalized spacial score (nSPS) is 21.8. The van der Waals surface area contributed by atoms with Gasteiger partial charge in [-0.3, -0.25) is 0 Å². The summed E-state index contributed by atoms with van der Waals surface area (Å²) in [6.07, 6.45) is 5.49. The first-order chi connectivity index (χ1) is 10.3. The fourth-order valence-corrected chi connectivity index (χ4v) is 3.07. The highest BCUT2D eigenvalue weighted by Gasteiger charge is 2.27. The Kier molecular flexibility index (Phi) is 3.83. The number of benzene rings is 1. The Morgan fingerprint density at radius 3 is 2.62 bits per heavy atom. The second-order valence-corrected chi connectivity index (χ2v) is 5.55. The maximum Gasteiger partial charge on any atom is 0.158 e. The summed E-state index contributed by atoms with van der Waals surface area (Å²) in [6.45, 7) is 3.20. The molecule has 1 aromatic carbocycles. The van der Waals surface area contributed by atoms with Gasteiger partial charge in [0.15, 0.2) is 5.69 Å². The van der Waals surface area contributed by atoms with Gasteiger partial charge in [-0.1, -0.05) is 30.3 Å². The van der Waals surface area contributed by atoms with Crippen LogP contribution in [0.4, 0.5) is 5.82 Å². The highest BCUT2D eigenvalue weighted by Crippen LogP contribution is 2.33. The van der Waals surface area contributed by atoms with E-state index < -0.39 is 0 Å². The minimum Gasteiger partial charge on any atom is -0.353 e. The summed E-state index contributed by atoms with van der Waals surface area (Å²) in [4.78, 5) is 10.8. The molecule has 2 aromatic rings. The van der Waals surface area contributed by atoms with Crippen molar-refractivity contribution in [2.24, 2.45) is 0 Å². The van der Waals surface area contributed by atoms with E-state index in [2.05, 4.69) is 52.1 Å². The van der Waals surface area contributed by atoms with Gasteiger partial charge in [-0.25, -0.2) is 9.97 Å². The Bertz CT molecular complexity index is 630. The van der Waals surface area contributed by atoms with Crippen LogP contribution in [0.1, 0.15) is 36.9 Å². The van der Waals surface area contributed by atoms with Crippen LogP contribution in [0.5, 0.6) is 0 Å². The van der Waals surface area contributed by atoms with Gasteiger partial charge in [-0.2, -0.15) is 5.26 Å². The first kappa shape index (κ1) is 13.6. The molecule has 21 heavy (non-hydrogen) atoms. The molecule has 2 heterocycles. The number of anilines is 1. The summed E-state index contributed by atoms with van der Waals surface area (Å²) >= 11 is 0. The topological polar surface area (TPSA) is 52.8 Å². The zero-order chi connectivity index (χ0) is 14.7. The summed E-state index contributed by atoms with van der Waals surface area (Å²) in [5.41, 5.74) is 1.79. The van der Waals surface area contributed by atoms with E-state index in [-0.39, 0.29) is 0 Å². The third-order valence-electron chi connectivity index (χ3n) is 4.19. The molecule has 1 saturated heterocycles. The van der Waals surface area contributed by atoms with Crippen molar-refractivity contribution in [1.29, 1.82) is 5.26 Å². The third-order valence-corrected chi connectivity index (χ3v) is 4.19. The molecule has 3 rings (SSSR count). The first-order valence-corrected chi connectivity index (χ1v) is 7.31. The molecule has 4 nitrogen and oxygen atoms in total. The van der Waals surface area contributed by atoms with E-state index >= 15 is 0 Å². The molecule has 1 aliphatic rings. The van der Waals surface area contributed by atoms with E-state index in [1.54, 1.807) is 12.4 Å². The van der Waals surface area contributed by atoms with E-state index in [1.165, 1.54) is 5.56 Å². The fraction of sp³-hybridized carbons (Fsp3) is 0.353. The van der Waals surface area contributed by atoms with Crippen molar-refractivity contribution in [3.05, 3.63) is 54.0 Å². The van der Waals surface area contributed by atoms with Crippen LogP contribution < -0.4 is 4.90 Å². The fourth-order valence-electron chi connectivity index (χ4n) is 3.07. The van der Waals surface area contributed by atoms with E-state index in [0.717, 1.165) is 25.2 Å². The van der Waals surface area contributed by atoms with Gasteiger partial charge in [-0.15, -0.1) is 0 Å². The molecule has 0 saturated carbocycles. The Labute approximate surface area is 125 Å². The highest BCUT2D eigenvalue weighted by atomic mass is 15.2. The standard InChI is InChI=1S/C17H18N4/c1-13-9-15(14-5-3-2-4-6-14)7-8-21(13)17-12-19-16(10-18)11-20-17/h2-6,11-13,15H,7-9H2,1H3. The predicted octanol–water partition coefficient (Wildman–Crippen LogP) is 3.12. The first-order valence-electron chi connectivity index (χ1n) is 7.31. The van der Waals surface area contributed by atoms with E-state index in [0.29, 0.717) is 17.7 Å². The van der Waals surface area contributed by atoms with Gasteiger partial charge < -0.3 is 4.90 Å². The van der Waals surface area contributed by atoms with E-state index in [9.17, 15) is 0 Å². The van der Waals surface area contributed by atoms with Crippen LogP contribution in [0.15, 0.2) is 42.7 Å². The lowest BCUT2D eigenvalue weighted by Gasteiger charge is -2.38. The molecule has 0 spiro atoms. The summed E-state index contributed by atoms with van der Waals surface area (Å²) in [7, 11) is 0. The quantitative estimate of drug-likeness (QED) is 0.847. The molecule has 0 bridgehead atoms. The molecule has 0 radical (unpaired) electrons. The van der Waals surface area contributed by atoms with Crippen molar-refractivity contribution < 1.29 is 0 Å². The van der Waals surface area contributed by atoms with Crippen LogP contribution in [0.25, 0.3) is 0 Å². The van der Waals surface area contributed by atoms with Crippen molar-refractivity contribution >= 4 is 5.82 Å². The smallest absolute Gasteiger partial charge is 0.158 e. The van der Waals surface area contributed by atoms with Crippen LogP contribution >= 0.6 is 0 Å². The van der Waals surface area contributed by atoms with Crippen LogP contribution in [-0.2, 0) is 0 Å². The van der Waals surface area contributed by atoms with Crippen LogP contribution in [-0.4, -0.2) is 22.6 Å². The van der Waals surface area contributed by atoms with Gasteiger partial charge in [-0.05, 0) is 31.2 Å². The molecule has 0 aliphatic carbocycles. The van der Waals surface area contributed by atoms with E-state index in [4.69, 9.17) is 5.26 Å². The van der Waals surface area contributed by atoms with Crippen molar-refractivity contribution in [3.8, 4) is 6.07 Å². The van der Waals surface area contributed by atoms with Gasteiger partial charge in [0.2, 0.25) is 0 Å². The number of hydrogen-bond donors (Lipinski definition) is 0. The van der Waals surface area contributed by atoms with Crippen molar-refractivity contribution in [2.75, 3.05) is 11.4 Å².